The Balaban J connectivity index is 1.94. The lowest BCUT2D eigenvalue weighted by atomic mass is 9.78. The van der Waals surface area contributed by atoms with Gasteiger partial charge in [-0.25, -0.2) is 9.78 Å². The van der Waals surface area contributed by atoms with Crippen LogP contribution < -0.4 is 10.2 Å². The topological polar surface area (TPSA) is 90.7 Å². The van der Waals surface area contributed by atoms with Gasteiger partial charge in [-0.2, -0.15) is 0 Å². The summed E-state index contributed by atoms with van der Waals surface area (Å²) in [6, 6.07) is 5.46. The Labute approximate surface area is 190 Å². The van der Waals surface area contributed by atoms with E-state index in [-0.39, 0.29) is 17.0 Å². The lowest BCUT2D eigenvalue weighted by Crippen LogP contribution is -2.32. The van der Waals surface area contributed by atoms with Crippen LogP contribution in [-0.4, -0.2) is 34.8 Å². The molecule has 2 aromatic heterocycles. The van der Waals surface area contributed by atoms with E-state index in [1.54, 1.807) is 25.6 Å². The SMILES string of the molecule is COCc1ncc(-c2cc3c(cc2OC)-c2cc(=O)c(C(=O)O)cn2C(C(C)(C)C)C3)s1. The molecule has 0 fully saturated rings. The highest BCUT2D eigenvalue weighted by molar-refractivity contribution is 7.15. The number of carboxylic acids is 1. The summed E-state index contributed by atoms with van der Waals surface area (Å²) in [5.74, 6) is -0.541. The van der Waals surface area contributed by atoms with Crippen molar-refractivity contribution in [3.63, 3.8) is 0 Å². The number of ether oxygens (including phenoxy) is 2. The Morgan fingerprint density at radius 1 is 1.25 bits per heavy atom. The maximum Gasteiger partial charge on any atom is 0.341 e. The van der Waals surface area contributed by atoms with Crippen LogP contribution in [0.25, 0.3) is 21.7 Å². The van der Waals surface area contributed by atoms with Gasteiger partial charge < -0.3 is 19.1 Å². The van der Waals surface area contributed by atoms with E-state index < -0.39 is 11.4 Å². The molecule has 0 amide bonds. The van der Waals surface area contributed by atoms with E-state index in [0.29, 0.717) is 24.5 Å². The molecule has 0 aliphatic carbocycles. The molecule has 1 unspecified atom stereocenters. The maximum absolute atomic E-state index is 12.6. The van der Waals surface area contributed by atoms with Crippen LogP contribution in [0, 0.1) is 5.41 Å². The Bertz CT molecular complexity index is 1250. The molecule has 3 aromatic rings. The quantitative estimate of drug-likeness (QED) is 0.604. The fraction of sp³-hybridized carbons (Fsp3) is 0.375. The molecular weight excluding hydrogens is 428 g/mol. The molecule has 3 heterocycles. The van der Waals surface area contributed by atoms with E-state index in [2.05, 4.69) is 31.8 Å². The van der Waals surface area contributed by atoms with Crippen LogP contribution in [0.3, 0.4) is 0 Å². The number of hydrogen-bond donors (Lipinski definition) is 1. The predicted octanol–water partition coefficient (Wildman–Crippen LogP) is 4.64. The molecule has 4 rings (SSSR count). The normalized spacial score (nSPS) is 15.2. The third-order valence-corrected chi connectivity index (χ3v) is 6.85. The second-order valence-corrected chi connectivity index (χ2v) is 10.1. The van der Waals surface area contributed by atoms with Gasteiger partial charge in [-0.15, -0.1) is 11.3 Å². The van der Waals surface area contributed by atoms with Crippen molar-refractivity contribution in [1.82, 2.24) is 9.55 Å². The lowest BCUT2D eigenvalue weighted by Gasteiger charge is -2.39. The number of hydrogen-bond acceptors (Lipinski definition) is 6. The number of benzene rings is 1. The minimum atomic E-state index is -1.21. The number of rotatable bonds is 5. The van der Waals surface area contributed by atoms with E-state index in [0.717, 1.165) is 26.6 Å². The lowest BCUT2D eigenvalue weighted by molar-refractivity contribution is 0.0693. The number of nitrogens with zero attached hydrogens (tertiary/aromatic N) is 2. The molecule has 0 radical (unpaired) electrons. The molecule has 1 aliphatic heterocycles. The van der Waals surface area contributed by atoms with Crippen LogP contribution in [0.2, 0.25) is 0 Å². The highest BCUT2D eigenvalue weighted by atomic mass is 32.1. The minimum Gasteiger partial charge on any atom is -0.496 e. The van der Waals surface area contributed by atoms with Crippen LogP contribution in [0.15, 0.2) is 35.4 Å². The van der Waals surface area contributed by atoms with Crippen LogP contribution in [-0.2, 0) is 17.8 Å². The number of carboxylic acid groups (broad SMARTS) is 1. The molecule has 32 heavy (non-hydrogen) atoms. The Hall–Kier alpha value is -2.97. The first-order valence-corrected chi connectivity index (χ1v) is 11.1. The second-order valence-electron chi connectivity index (χ2n) is 9.00. The molecule has 0 bridgehead atoms. The third kappa shape index (κ3) is 3.84. The first-order valence-electron chi connectivity index (χ1n) is 10.3. The zero-order valence-electron chi connectivity index (χ0n) is 18.8. The highest BCUT2D eigenvalue weighted by Gasteiger charge is 2.34. The number of carbonyl (C=O) groups is 1. The third-order valence-electron chi connectivity index (χ3n) is 5.85. The van der Waals surface area contributed by atoms with E-state index in [1.165, 1.54) is 12.3 Å². The average molecular weight is 455 g/mol. The van der Waals surface area contributed by atoms with Gasteiger partial charge in [0.1, 0.15) is 16.3 Å². The summed E-state index contributed by atoms with van der Waals surface area (Å²) < 4.78 is 12.8. The zero-order valence-corrected chi connectivity index (χ0v) is 19.6. The fourth-order valence-electron chi connectivity index (χ4n) is 4.23. The van der Waals surface area contributed by atoms with Crippen LogP contribution in [0.4, 0.5) is 0 Å². The molecular formula is C24H26N2O5S. The maximum atomic E-state index is 12.6. The summed E-state index contributed by atoms with van der Waals surface area (Å²) in [4.78, 5) is 29.6. The fourth-order valence-corrected chi connectivity index (χ4v) is 5.14. The first kappa shape index (κ1) is 22.2. The van der Waals surface area contributed by atoms with Crippen molar-refractivity contribution < 1.29 is 19.4 Å². The highest BCUT2D eigenvalue weighted by Crippen LogP contribution is 2.46. The summed E-state index contributed by atoms with van der Waals surface area (Å²) >= 11 is 1.55. The Kier molecular flexibility index (Phi) is 5.68. The largest absolute Gasteiger partial charge is 0.496 e. The minimum absolute atomic E-state index is 0.0181. The molecule has 1 aliphatic rings. The van der Waals surface area contributed by atoms with Gasteiger partial charge in [0.25, 0.3) is 0 Å². The van der Waals surface area contributed by atoms with Gasteiger partial charge in [-0.3, -0.25) is 4.79 Å². The first-order chi connectivity index (χ1) is 15.1. The monoisotopic (exact) mass is 454 g/mol. The van der Waals surface area contributed by atoms with Crippen molar-refractivity contribution in [2.24, 2.45) is 5.41 Å². The van der Waals surface area contributed by atoms with Crippen molar-refractivity contribution in [2.75, 3.05) is 14.2 Å². The molecule has 0 spiro atoms. The van der Waals surface area contributed by atoms with Crippen LogP contribution >= 0.6 is 11.3 Å². The van der Waals surface area contributed by atoms with Crippen LogP contribution in [0.5, 0.6) is 5.75 Å². The number of aromatic nitrogens is 2. The molecule has 1 aromatic carbocycles. The van der Waals surface area contributed by atoms with Crippen molar-refractivity contribution in [3.05, 3.63) is 57.0 Å². The molecule has 0 saturated carbocycles. The van der Waals surface area contributed by atoms with Gasteiger partial charge in [-0.05, 0) is 29.5 Å². The van der Waals surface area contributed by atoms with Crippen molar-refractivity contribution in [1.29, 1.82) is 0 Å². The second kappa shape index (κ2) is 8.18. The zero-order chi connectivity index (χ0) is 23.2. The van der Waals surface area contributed by atoms with E-state index in [1.807, 2.05) is 16.8 Å². The predicted molar refractivity (Wildman–Crippen MR) is 124 cm³/mol. The van der Waals surface area contributed by atoms with E-state index in [9.17, 15) is 14.7 Å². The standard InChI is InChI=1S/C24H26N2O5S/c1-24(2,3)21-7-13-6-15(20-10-25-22(32-20)12-30-4)19(31-5)8-14(13)17-9-18(27)16(23(28)29)11-26(17)21/h6,8-11,21H,7,12H2,1-5H3,(H,28,29). The molecule has 1 atom stereocenters. The number of methoxy groups -OCH3 is 2. The smallest absolute Gasteiger partial charge is 0.341 e. The summed E-state index contributed by atoms with van der Waals surface area (Å²) in [7, 11) is 3.26. The van der Waals surface area contributed by atoms with Crippen LogP contribution in [0.1, 0.15) is 47.7 Å². The van der Waals surface area contributed by atoms with Crippen molar-refractivity contribution >= 4 is 17.3 Å². The number of thiazole rings is 1. The number of aromatic carboxylic acids is 1. The molecule has 0 saturated heterocycles. The van der Waals surface area contributed by atoms with E-state index >= 15 is 0 Å². The summed E-state index contributed by atoms with van der Waals surface area (Å²) in [6.45, 7) is 6.81. The average Bonchev–Trinajstić information content (AvgIpc) is 3.19. The molecule has 168 valence electrons. The molecule has 7 nitrogen and oxygen atoms in total. The van der Waals surface area contributed by atoms with Gasteiger partial charge in [-0.1, -0.05) is 20.8 Å². The molecule has 8 heteroatoms. The van der Waals surface area contributed by atoms with Crippen molar-refractivity contribution in [2.45, 2.75) is 39.8 Å². The Morgan fingerprint density at radius 2 is 2.00 bits per heavy atom. The van der Waals surface area contributed by atoms with E-state index in [4.69, 9.17) is 9.47 Å². The summed E-state index contributed by atoms with van der Waals surface area (Å²) in [5.41, 5.74) is 2.73. The summed E-state index contributed by atoms with van der Waals surface area (Å²) in [5, 5.41) is 10.4. The van der Waals surface area contributed by atoms with Crippen molar-refractivity contribution in [3.8, 4) is 27.4 Å². The van der Waals surface area contributed by atoms with Gasteiger partial charge >= 0.3 is 5.97 Å². The Morgan fingerprint density at radius 3 is 2.62 bits per heavy atom. The van der Waals surface area contributed by atoms with Gasteiger partial charge in [0.15, 0.2) is 5.43 Å². The van der Waals surface area contributed by atoms with Gasteiger partial charge in [0, 0.05) is 42.7 Å². The van der Waals surface area contributed by atoms with Gasteiger partial charge in [0.2, 0.25) is 0 Å². The number of fused-ring (bicyclic) bond motifs is 3. The van der Waals surface area contributed by atoms with Gasteiger partial charge in [0.05, 0.1) is 24.3 Å². The number of pyridine rings is 1. The summed E-state index contributed by atoms with van der Waals surface area (Å²) in [6.07, 6.45) is 4.01. The molecule has 1 N–H and O–H groups in total.